The van der Waals surface area contributed by atoms with Gasteiger partial charge in [0.1, 0.15) is 5.02 Å². The molecule has 0 aromatic carbocycles. The zero-order valence-corrected chi connectivity index (χ0v) is 12.2. The Morgan fingerprint density at radius 2 is 2.32 bits per heavy atom. The monoisotopic (exact) mass is 284 g/mol. The van der Waals surface area contributed by atoms with Gasteiger partial charge in [0.15, 0.2) is 0 Å². The standard InChI is InChI=1S/C13H21ClN4O/c1-3-18(10-6-4-5-9(10)7-15)11-8-16-17(2)13(19)12(11)14/h8-10H,3-7,15H2,1-2H3. The van der Waals surface area contributed by atoms with Crippen LogP contribution in [0.2, 0.25) is 5.02 Å². The third kappa shape index (κ3) is 2.62. The van der Waals surface area contributed by atoms with Gasteiger partial charge in [-0.1, -0.05) is 18.0 Å². The molecule has 2 rings (SSSR count). The molecule has 1 aromatic heterocycles. The largest absolute Gasteiger partial charge is 0.366 e. The van der Waals surface area contributed by atoms with Gasteiger partial charge in [-0.2, -0.15) is 5.10 Å². The van der Waals surface area contributed by atoms with E-state index in [2.05, 4.69) is 16.9 Å². The molecule has 0 bridgehead atoms. The van der Waals surface area contributed by atoms with Gasteiger partial charge in [0, 0.05) is 19.6 Å². The van der Waals surface area contributed by atoms with Crippen LogP contribution in [0.3, 0.4) is 0 Å². The van der Waals surface area contributed by atoms with Crippen LogP contribution in [0.5, 0.6) is 0 Å². The van der Waals surface area contributed by atoms with Crippen molar-refractivity contribution in [2.45, 2.75) is 32.2 Å². The molecule has 0 aliphatic heterocycles. The average molecular weight is 285 g/mol. The van der Waals surface area contributed by atoms with Gasteiger partial charge in [-0.3, -0.25) is 4.79 Å². The first-order valence-corrected chi connectivity index (χ1v) is 7.16. The lowest BCUT2D eigenvalue weighted by atomic mass is 10.0. The van der Waals surface area contributed by atoms with E-state index in [1.165, 1.54) is 11.1 Å². The molecule has 19 heavy (non-hydrogen) atoms. The third-order valence-electron chi connectivity index (χ3n) is 4.03. The van der Waals surface area contributed by atoms with E-state index in [0.29, 0.717) is 18.5 Å². The molecule has 6 heteroatoms. The third-order valence-corrected chi connectivity index (χ3v) is 4.39. The van der Waals surface area contributed by atoms with Crippen molar-refractivity contribution in [1.82, 2.24) is 9.78 Å². The highest BCUT2D eigenvalue weighted by Gasteiger charge is 2.32. The van der Waals surface area contributed by atoms with E-state index in [9.17, 15) is 4.79 Å². The number of halogens is 1. The van der Waals surface area contributed by atoms with Gasteiger partial charge >= 0.3 is 0 Å². The normalized spacial score (nSPS) is 22.7. The second-order valence-electron chi connectivity index (χ2n) is 5.05. The molecule has 0 saturated heterocycles. The lowest BCUT2D eigenvalue weighted by Gasteiger charge is -2.34. The number of anilines is 1. The number of hydrogen-bond acceptors (Lipinski definition) is 4. The lowest BCUT2D eigenvalue weighted by Crippen LogP contribution is -2.41. The number of hydrogen-bond donors (Lipinski definition) is 1. The summed E-state index contributed by atoms with van der Waals surface area (Å²) in [5, 5.41) is 4.33. The fourth-order valence-electron chi connectivity index (χ4n) is 2.99. The van der Waals surface area contributed by atoms with Crippen LogP contribution in [0.15, 0.2) is 11.0 Å². The molecule has 1 fully saturated rings. The van der Waals surface area contributed by atoms with Crippen LogP contribution in [-0.4, -0.2) is 28.9 Å². The van der Waals surface area contributed by atoms with Gasteiger partial charge in [-0.05, 0) is 32.2 Å². The summed E-state index contributed by atoms with van der Waals surface area (Å²) in [5.74, 6) is 0.472. The first kappa shape index (κ1) is 14.3. The van der Waals surface area contributed by atoms with E-state index < -0.39 is 0 Å². The summed E-state index contributed by atoms with van der Waals surface area (Å²) in [6.07, 6.45) is 5.10. The predicted octanol–water partition coefficient (Wildman–Crippen LogP) is 1.39. The molecular weight excluding hydrogens is 264 g/mol. The highest BCUT2D eigenvalue weighted by atomic mass is 35.5. The minimum absolute atomic E-state index is 0.250. The van der Waals surface area contributed by atoms with Crippen molar-refractivity contribution in [3.05, 3.63) is 21.6 Å². The maximum atomic E-state index is 11.9. The summed E-state index contributed by atoms with van der Waals surface area (Å²) in [6.45, 7) is 3.55. The number of nitrogens with zero attached hydrogens (tertiary/aromatic N) is 3. The average Bonchev–Trinajstić information content (AvgIpc) is 2.88. The molecule has 0 radical (unpaired) electrons. The maximum absolute atomic E-state index is 11.9. The second-order valence-corrected chi connectivity index (χ2v) is 5.43. The summed E-state index contributed by atoms with van der Waals surface area (Å²) in [4.78, 5) is 14.1. The molecule has 0 spiro atoms. The summed E-state index contributed by atoms with van der Waals surface area (Å²) in [5.41, 5.74) is 6.33. The molecule has 1 aliphatic rings. The fourth-order valence-corrected chi connectivity index (χ4v) is 3.27. The number of nitrogens with two attached hydrogens (primary N) is 1. The van der Waals surface area contributed by atoms with E-state index >= 15 is 0 Å². The van der Waals surface area contributed by atoms with Crippen LogP contribution in [-0.2, 0) is 7.05 Å². The minimum atomic E-state index is -0.250. The molecule has 1 saturated carbocycles. The molecule has 5 nitrogen and oxygen atoms in total. The van der Waals surface area contributed by atoms with Crippen molar-refractivity contribution in [2.24, 2.45) is 18.7 Å². The van der Waals surface area contributed by atoms with E-state index in [0.717, 1.165) is 25.1 Å². The fraction of sp³-hybridized carbons (Fsp3) is 0.692. The molecule has 2 N–H and O–H groups in total. The van der Waals surface area contributed by atoms with E-state index in [4.69, 9.17) is 17.3 Å². The van der Waals surface area contributed by atoms with Gasteiger partial charge in [-0.25, -0.2) is 4.68 Å². The van der Waals surface area contributed by atoms with Crippen LogP contribution >= 0.6 is 11.6 Å². The Hall–Kier alpha value is -1.07. The quantitative estimate of drug-likeness (QED) is 0.907. The number of aromatic nitrogens is 2. The Bertz CT molecular complexity index is 502. The zero-order chi connectivity index (χ0) is 14.0. The van der Waals surface area contributed by atoms with Gasteiger partial charge in [0.2, 0.25) is 0 Å². The van der Waals surface area contributed by atoms with Crippen molar-refractivity contribution >= 4 is 17.3 Å². The highest BCUT2D eigenvalue weighted by Crippen LogP contribution is 2.33. The van der Waals surface area contributed by atoms with Gasteiger partial charge < -0.3 is 10.6 Å². The zero-order valence-electron chi connectivity index (χ0n) is 11.5. The van der Waals surface area contributed by atoms with Crippen molar-refractivity contribution in [1.29, 1.82) is 0 Å². The van der Waals surface area contributed by atoms with Crippen LogP contribution in [0, 0.1) is 5.92 Å². The van der Waals surface area contributed by atoms with Crippen LogP contribution in [0.1, 0.15) is 26.2 Å². The van der Waals surface area contributed by atoms with Crippen molar-refractivity contribution in [3.8, 4) is 0 Å². The summed E-state index contributed by atoms with van der Waals surface area (Å²) in [6, 6.07) is 0.362. The van der Waals surface area contributed by atoms with E-state index in [-0.39, 0.29) is 10.6 Å². The first-order chi connectivity index (χ1) is 9.10. The molecule has 1 aliphatic carbocycles. The van der Waals surface area contributed by atoms with Crippen LogP contribution < -0.4 is 16.2 Å². The van der Waals surface area contributed by atoms with E-state index in [1.807, 2.05) is 0 Å². The highest BCUT2D eigenvalue weighted by molar-refractivity contribution is 6.33. The van der Waals surface area contributed by atoms with E-state index in [1.54, 1.807) is 13.2 Å². The lowest BCUT2D eigenvalue weighted by molar-refractivity contribution is 0.461. The maximum Gasteiger partial charge on any atom is 0.287 e. The molecule has 1 heterocycles. The Balaban J connectivity index is 2.37. The predicted molar refractivity (Wildman–Crippen MR) is 77.7 cm³/mol. The molecule has 1 aromatic rings. The van der Waals surface area contributed by atoms with Crippen LogP contribution in [0.4, 0.5) is 5.69 Å². The second kappa shape index (κ2) is 5.92. The number of aryl methyl sites for hydroxylation is 1. The van der Waals surface area contributed by atoms with Crippen LogP contribution in [0.25, 0.3) is 0 Å². The van der Waals surface area contributed by atoms with Gasteiger partial charge in [0.25, 0.3) is 5.56 Å². The Labute approximate surface area is 118 Å². The van der Waals surface area contributed by atoms with Gasteiger partial charge in [-0.15, -0.1) is 0 Å². The topological polar surface area (TPSA) is 64.2 Å². The van der Waals surface area contributed by atoms with Crippen molar-refractivity contribution in [2.75, 3.05) is 18.0 Å². The molecule has 2 atom stereocenters. The smallest absolute Gasteiger partial charge is 0.287 e. The molecule has 106 valence electrons. The SMILES string of the molecule is CCN(c1cnn(C)c(=O)c1Cl)C1CCCC1CN. The molecular formula is C13H21ClN4O. The Morgan fingerprint density at radius 1 is 1.58 bits per heavy atom. The van der Waals surface area contributed by atoms with Crippen molar-refractivity contribution in [3.63, 3.8) is 0 Å². The first-order valence-electron chi connectivity index (χ1n) is 6.78. The molecule has 0 amide bonds. The Kier molecular flexibility index (Phi) is 4.47. The minimum Gasteiger partial charge on any atom is -0.366 e. The van der Waals surface area contributed by atoms with Crippen molar-refractivity contribution < 1.29 is 0 Å². The Morgan fingerprint density at radius 3 is 2.95 bits per heavy atom. The summed E-state index contributed by atoms with van der Waals surface area (Å²) in [7, 11) is 1.60. The van der Waals surface area contributed by atoms with Gasteiger partial charge in [0.05, 0.1) is 11.9 Å². The summed E-state index contributed by atoms with van der Waals surface area (Å²) < 4.78 is 1.26. The number of rotatable bonds is 4. The molecule has 2 unspecified atom stereocenters. The summed E-state index contributed by atoms with van der Waals surface area (Å²) >= 11 is 6.20.